The van der Waals surface area contributed by atoms with E-state index >= 15 is 0 Å². The fourth-order valence-corrected chi connectivity index (χ4v) is 4.60. The molecule has 5 rings (SSSR count). The summed E-state index contributed by atoms with van der Waals surface area (Å²) in [6.07, 6.45) is 3.64. The minimum Gasteiger partial charge on any atom is -0.339 e. The molecule has 8 heteroatoms. The van der Waals surface area contributed by atoms with E-state index in [1.165, 1.54) is 6.07 Å². The van der Waals surface area contributed by atoms with E-state index in [2.05, 4.69) is 9.88 Å². The molecule has 33 heavy (non-hydrogen) atoms. The number of carbonyl (C=O) groups excluding carboxylic acids is 2. The van der Waals surface area contributed by atoms with Gasteiger partial charge in [0.1, 0.15) is 5.82 Å². The van der Waals surface area contributed by atoms with Gasteiger partial charge >= 0.3 is 0 Å². The van der Waals surface area contributed by atoms with E-state index in [1.807, 2.05) is 36.1 Å². The number of benzene rings is 2. The van der Waals surface area contributed by atoms with Crippen LogP contribution in [0.25, 0.3) is 5.69 Å². The van der Waals surface area contributed by atoms with E-state index in [1.54, 1.807) is 40.1 Å². The Morgan fingerprint density at radius 1 is 1.03 bits per heavy atom. The van der Waals surface area contributed by atoms with Crippen LogP contribution in [0.1, 0.15) is 12.0 Å². The molecule has 1 unspecified atom stereocenters. The normalized spacial score (nSPS) is 18.8. The predicted molar refractivity (Wildman–Crippen MR) is 124 cm³/mol. The standard InChI is InChI=1S/C25H26FN5O2/c1-18-6-8-20(9-7-18)31-17-19(16-23(31)32)24(33)28-12-14-29(15-13-28)25-27-10-11-30(25)22-5-3-2-4-21(22)26/h2-11,19H,12-17H2,1H3. The van der Waals surface area contributed by atoms with Crippen LogP contribution in [0.4, 0.5) is 16.0 Å². The predicted octanol–water partition coefficient (Wildman–Crippen LogP) is 3.02. The number of hydrogen-bond acceptors (Lipinski definition) is 4. The van der Waals surface area contributed by atoms with Crippen LogP contribution in [0, 0.1) is 18.7 Å². The second-order valence-corrected chi connectivity index (χ2v) is 8.60. The maximum Gasteiger partial charge on any atom is 0.228 e. The fraction of sp³-hybridized carbons (Fsp3) is 0.320. The molecule has 2 aromatic carbocycles. The van der Waals surface area contributed by atoms with Crippen LogP contribution in [0.5, 0.6) is 0 Å². The summed E-state index contributed by atoms with van der Waals surface area (Å²) in [7, 11) is 0. The number of amides is 2. The Kier molecular flexibility index (Phi) is 5.58. The van der Waals surface area contributed by atoms with Gasteiger partial charge in [0.2, 0.25) is 17.8 Å². The number of anilines is 2. The van der Waals surface area contributed by atoms with Crippen molar-refractivity contribution in [1.29, 1.82) is 0 Å². The molecule has 3 heterocycles. The van der Waals surface area contributed by atoms with Crippen molar-refractivity contribution in [3.05, 3.63) is 72.3 Å². The fourth-order valence-electron chi connectivity index (χ4n) is 4.60. The van der Waals surface area contributed by atoms with Crippen molar-refractivity contribution in [3.63, 3.8) is 0 Å². The zero-order valence-corrected chi connectivity index (χ0v) is 18.5. The number of halogens is 1. The molecule has 7 nitrogen and oxygen atoms in total. The van der Waals surface area contributed by atoms with Gasteiger partial charge in [-0.15, -0.1) is 0 Å². The molecule has 2 amide bonds. The summed E-state index contributed by atoms with van der Waals surface area (Å²) in [5.74, 6) is 0.0342. The van der Waals surface area contributed by atoms with Crippen molar-refractivity contribution < 1.29 is 14.0 Å². The van der Waals surface area contributed by atoms with Crippen molar-refractivity contribution in [2.24, 2.45) is 5.92 Å². The minimum absolute atomic E-state index is 0.0113. The molecule has 0 saturated carbocycles. The molecule has 0 aliphatic carbocycles. The first-order valence-electron chi connectivity index (χ1n) is 11.2. The van der Waals surface area contributed by atoms with Crippen LogP contribution < -0.4 is 9.80 Å². The molecule has 0 radical (unpaired) electrons. The number of para-hydroxylation sites is 1. The molecule has 2 aliphatic heterocycles. The van der Waals surface area contributed by atoms with Crippen molar-refractivity contribution in [2.45, 2.75) is 13.3 Å². The first-order chi connectivity index (χ1) is 16.0. The molecule has 1 aromatic heterocycles. The Morgan fingerprint density at radius 3 is 2.48 bits per heavy atom. The molecule has 3 aromatic rings. The molecular weight excluding hydrogens is 421 g/mol. The van der Waals surface area contributed by atoms with E-state index in [0.29, 0.717) is 44.4 Å². The lowest BCUT2D eigenvalue weighted by Crippen LogP contribution is -2.51. The van der Waals surface area contributed by atoms with Crippen LogP contribution in [0.15, 0.2) is 60.9 Å². The number of rotatable bonds is 4. The summed E-state index contributed by atoms with van der Waals surface area (Å²) in [5, 5.41) is 0. The van der Waals surface area contributed by atoms with Gasteiger partial charge in [-0.2, -0.15) is 0 Å². The Bertz CT molecular complexity index is 1170. The van der Waals surface area contributed by atoms with Gasteiger partial charge in [0.25, 0.3) is 0 Å². The average Bonchev–Trinajstić information content (AvgIpc) is 3.47. The molecular formula is C25H26FN5O2. The summed E-state index contributed by atoms with van der Waals surface area (Å²) < 4.78 is 16.0. The lowest BCUT2D eigenvalue weighted by Gasteiger charge is -2.36. The Hall–Kier alpha value is -3.68. The van der Waals surface area contributed by atoms with Crippen molar-refractivity contribution in [2.75, 3.05) is 42.5 Å². The highest BCUT2D eigenvalue weighted by molar-refractivity contribution is 6.00. The molecule has 170 valence electrons. The van der Waals surface area contributed by atoms with Crippen molar-refractivity contribution in [3.8, 4) is 5.69 Å². The zero-order chi connectivity index (χ0) is 22.9. The molecule has 0 N–H and O–H groups in total. The number of hydrogen-bond donors (Lipinski definition) is 0. The second-order valence-electron chi connectivity index (χ2n) is 8.60. The summed E-state index contributed by atoms with van der Waals surface area (Å²) in [6.45, 7) is 4.69. The van der Waals surface area contributed by atoms with Gasteiger partial charge in [-0.1, -0.05) is 29.8 Å². The van der Waals surface area contributed by atoms with Gasteiger partial charge in [0.05, 0.1) is 11.6 Å². The van der Waals surface area contributed by atoms with Crippen molar-refractivity contribution >= 4 is 23.5 Å². The maximum absolute atomic E-state index is 14.3. The largest absolute Gasteiger partial charge is 0.339 e. The Labute approximate surface area is 192 Å². The average molecular weight is 448 g/mol. The van der Waals surface area contributed by atoms with Crippen LogP contribution >= 0.6 is 0 Å². The monoisotopic (exact) mass is 447 g/mol. The van der Waals surface area contributed by atoms with Gasteiger partial charge in [0.15, 0.2) is 0 Å². The van der Waals surface area contributed by atoms with E-state index in [-0.39, 0.29) is 30.0 Å². The Morgan fingerprint density at radius 2 is 1.76 bits per heavy atom. The number of piperazine rings is 1. The first-order valence-corrected chi connectivity index (χ1v) is 11.2. The maximum atomic E-state index is 14.3. The van der Waals surface area contributed by atoms with Crippen molar-refractivity contribution in [1.82, 2.24) is 14.5 Å². The van der Waals surface area contributed by atoms with Gasteiger partial charge < -0.3 is 14.7 Å². The third-order valence-corrected chi connectivity index (χ3v) is 6.43. The lowest BCUT2D eigenvalue weighted by molar-refractivity contribution is -0.136. The second kappa shape index (κ2) is 8.69. The van der Waals surface area contributed by atoms with Gasteiger partial charge in [-0.25, -0.2) is 9.37 Å². The molecule has 0 bridgehead atoms. The highest BCUT2D eigenvalue weighted by Gasteiger charge is 2.38. The molecule has 1 atom stereocenters. The third kappa shape index (κ3) is 4.08. The summed E-state index contributed by atoms with van der Waals surface area (Å²) >= 11 is 0. The molecule has 0 spiro atoms. The third-order valence-electron chi connectivity index (χ3n) is 6.43. The summed E-state index contributed by atoms with van der Waals surface area (Å²) in [4.78, 5) is 35.8. The summed E-state index contributed by atoms with van der Waals surface area (Å²) in [5.41, 5.74) is 2.42. The van der Waals surface area contributed by atoms with E-state index < -0.39 is 0 Å². The quantitative estimate of drug-likeness (QED) is 0.617. The van der Waals surface area contributed by atoms with Gasteiger partial charge in [0, 0.05) is 57.2 Å². The smallest absolute Gasteiger partial charge is 0.228 e. The minimum atomic E-state index is -0.328. The Balaban J connectivity index is 1.23. The van der Waals surface area contributed by atoms with Crippen LogP contribution in [0.3, 0.4) is 0 Å². The SMILES string of the molecule is Cc1ccc(N2CC(C(=O)N3CCN(c4nccn4-c4ccccc4F)CC3)CC2=O)cc1. The number of carbonyl (C=O) groups is 2. The molecule has 2 saturated heterocycles. The lowest BCUT2D eigenvalue weighted by atomic mass is 10.1. The first kappa shape index (κ1) is 21.2. The van der Waals surface area contributed by atoms with Crippen LogP contribution in [0.2, 0.25) is 0 Å². The highest BCUT2D eigenvalue weighted by Crippen LogP contribution is 2.28. The highest BCUT2D eigenvalue weighted by atomic mass is 19.1. The van der Waals surface area contributed by atoms with Gasteiger partial charge in [-0.3, -0.25) is 14.2 Å². The zero-order valence-electron chi connectivity index (χ0n) is 18.5. The number of imidazole rings is 1. The molecule has 2 fully saturated rings. The topological polar surface area (TPSA) is 61.7 Å². The number of nitrogens with zero attached hydrogens (tertiary/aromatic N) is 5. The number of aryl methyl sites for hydroxylation is 1. The van der Waals surface area contributed by atoms with E-state index in [0.717, 1.165) is 11.3 Å². The van der Waals surface area contributed by atoms with Gasteiger partial charge in [-0.05, 0) is 31.2 Å². The van der Waals surface area contributed by atoms with E-state index in [9.17, 15) is 14.0 Å². The van der Waals surface area contributed by atoms with Crippen LogP contribution in [-0.2, 0) is 9.59 Å². The number of aromatic nitrogens is 2. The summed E-state index contributed by atoms with van der Waals surface area (Å²) in [6, 6.07) is 14.4. The molecule has 2 aliphatic rings. The van der Waals surface area contributed by atoms with Crippen LogP contribution in [-0.4, -0.2) is 59.0 Å². The van der Waals surface area contributed by atoms with E-state index in [4.69, 9.17) is 0 Å².